The van der Waals surface area contributed by atoms with Crippen molar-refractivity contribution >= 4 is 29.1 Å². The van der Waals surface area contributed by atoms with E-state index in [0.717, 1.165) is 0 Å². The van der Waals surface area contributed by atoms with Crippen molar-refractivity contribution in [3.8, 4) is 0 Å². The third-order valence-corrected chi connectivity index (χ3v) is 10.5. The quantitative estimate of drug-likeness (QED) is 0.548. The highest BCUT2D eigenvalue weighted by molar-refractivity contribution is 7.96. The normalized spacial score (nSPS) is 11.5. The maximum Gasteiger partial charge on any atom is 0.303 e. The summed E-state index contributed by atoms with van der Waals surface area (Å²) >= 11 is 0. The number of aliphatic carboxylic acids is 1. The van der Waals surface area contributed by atoms with Gasteiger partial charge in [-0.1, -0.05) is 54.6 Å². The molecule has 0 fully saturated rings. The third-order valence-electron chi connectivity index (χ3n) is 5.29. The Hall–Kier alpha value is -1.96. The zero-order valence-electron chi connectivity index (χ0n) is 16.3. The van der Waals surface area contributed by atoms with Gasteiger partial charge in [0.25, 0.3) is 0 Å². The van der Waals surface area contributed by atoms with Crippen LogP contribution in [-0.2, 0) is 4.79 Å². The van der Waals surface area contributed by atoms with E-state index in [1.165, 1.54) is 15.9 Å². The first-order valence-corrected chi connectivity index (χ1v) is 11.1. The molecule has 0 saturated heterocycles. The van der Waals surface area contributed by atoms with Gasteiger partial charge in [0.15, 0.2) is 0 Å². The fourth-order valence-electron chi connectivity index (χ4n) is 4.03. The smallest absolute Gasteiger partial charge is 0.303 e. The second-order valence-corrected chi connectivity index (χ2v) is 11.5. The number of benzene rings is 3. The third kappa shape index (κ3) is 4.21. The largest absolute Gasteiger partial charge is 1.00 e. The Bertz CT molecular complexity index is 784. The van der Waals surface area contributed by atoms with Crippen LogP contribution in [0.4, 0.5) is 0 Å². The molecule has 0 bridgehead atoms. The molecule has 0 aliphatic heterocycles. The Morgan fingerprint density at radius 2 is 1.07 bits per heavy atom. The Morgan fingerprint density at radius 3 is 1.36 bits per heavy atom. The zero-order valence-corrected chi connectivity index (χ0v) is 18.7. The minimum atomic E-state index is -2.08. The van der Waals surface area contributed by atoms with Crippen LogP contribution in [0.5, 0.6) is 0 Å². The first-order chi connectivity index (χ1) is 13.0. The summed E-state index contributed by atoms with van der Waals surface area (Å²) < 4.78 is 0. The summed E-state index contributed by atoms with van der Waals surface area (Å²) in [6.07, 6.45) is 0.788. The standard InChI is InChI=1S/C24H25O2P.BrH/c1-24(2,19-18-23(25)26)27(20-12-6-3-7-13-20,21-14-8-4-9-15-21)22-16-10-5-11-17-22;/h3-17H,18-19H2,1-2H3;1H. The van der Waals surface area contributed by atoms with E-state index in [4.69, 9.17) is 0 Å². The van der Waals surface area contributed by atoms with Crippen LogP contribution in [0.3, 0.4) is 0 Å². The Kier molecular flexibility index (Phi) is 7.57. The summed E-state index contributed by atoms with van der Waals surface area (Å²) in [6, 6.07) is 31.9. The van der Waals surface area contributed by atoms with Gasteiger partial charge in [0.1, 0.15) is 23.2 Å². The molecule has 3 aromatic rings. The second-order valence-electron chi connectivity index (χ2n) is 7.38. The lowest BCUT2D eigenvalue weighted by molar-refractivity contribution is -0.137. The van der Waals surface area contributed by atoms with Crippen LogP contribution in [0.1, 0.15) is 26.7 Å². The molecule has 1 N–H and O–H groups in total. The molecule has 0 aromatic heterocycles. The van der Waals surface area contributed by atoms with Gasteiger partial charge in [-0.2, -0.15) is 0 Å². The van der Waals surface area contributed by atoms with Gasteiger partial charge < -0.3 is 22.1 Å². The first kappa shape index (κ1) is 22.3. The molecule has 0 saturated carbocycles. The van der Waals surface area contributed by atoms with E-state index in [9.17, 15) is 9.90 Å². The summed E-state index contributed by atoms with van der Waals surface area (Å²) in [5, 5.41) is 13.0. The summed E-state index contributed by atoms with van der Waals surface area (Å²) in [7, 11) is -2.08. The average molecular weight is 457 g/mol. The number of halogens is 1. The van der Waals surface area contributed by atoms with Crippen LogP contribution in [0.15, 0.2) is 91.0 Å². The van der Waals surface area contributed by atoms with Crippen LogP contribution in [-0.4, -0.2) is 16.2 Å². The number of carbonyl (C=O) groups is 1. The summed E-state index contributed by atoms with van der Waals surface area (Å²) in [4.78, 5) is 11.4. The average Bonchev–Trinajstić information content (AvgIpc) is 2.69. The van der Waals surface area contributed by atoms with Crippen LogP contribution < -0.4 is 32.9 Å². The van der Waals surface area contributed by atoms with Crippen molar-refractivity contribution in [1.29, 1.82) is 0 Å². The van der Waals surface area contributed by atoms with Crippen molar-refractivity contribution in [3.05, 3.63) is 91.0 Å². The topological polar surface area (TPSA) is 37.3 Å². The van der Waals surface area contributed by atoms with E-state index < -0.39 is 13.2 Å². The van der Waals surface area contributed by atoms with E-state index >= 15 is 0 Å². The molecule has 0 heterocycles. The molecule has 2 nitrogen and oxygen atoms in total. The van der Waals surface area contributed by atoms with Crippen molar-refractivity contribution in [2.24, 2.45) is 0 Å². The second kappa shape index (κ2) is 9.49. The molecule has 3 rings (SSSR count). The highest BCUT2D eigenvalue weighted by Crippen LogP contribution is 2.67. The molecule has 0 aliphatic rings. The van der Waals surface area contributed by atoms with Gasteiger partial charge in [0.2, 0.25) is 0 Å². The van der Waals surface area contributed by atoms with E-state index in [0.29, 0.717) is 6.42 Å². The predicted octanol–water partition coefficient (Wildman–Crippen LogP) is 1.63. The molecule has 0 radical (unpaired) electrons. The van der Waals surface area contributed by atoms with E-state index in [2.05, 4.69) is 86.6 Å². The van der Waals surface area contributed by atoms with Gasteiger partial charge in [-0.3, -0.25) is 4.79 Å². The van der Waals surface area contributed by atoms with Gasteiger partial charge in [-0.05, 0) is 56.7 Å². The van der Waals surface area contributed by atoms with Gasteiger partial charge in [-0.15, -0.1) is 0 Å². The number of carboxylic acid groups (broad SMARTS) is 1. The van der Waals surface area contributed by atoms with Crippen molar-refractivity contribution in [2.75, 3.05) is 0 Å². The number of hydrogen-bond donors (Lipinski definition) is 1. The van der Waals surface area contributed by atoms with Crippen molar-refractivity contribution in [1.82, 2.24) is 0 Å². The van der Waals surface area contributed by atoms with Crippen LogP contribution >= 0.6 is 7.26 Å². The molecule has 3 aromatic carbocycles. The lowest BCUT2D eigenvalue weighted by Crippen LogP contribution is -3.00. The minimum Gasteiger partial charge on any atom is -1.00 e. The Balaban J connectivity index is 0.00000280. The highest BCUT2D eigenvalue weighted by atomic mass is 79.9. The van der Waals surface area contributed by atoms with Gasteiger partial charge in [-0.25, -0.2) is 0 Å². The predicted molar refractivity (Wildman–Crippen MR) is 116 cm³/mol. The maximum absolute atomic E-state index is 11.4. The molecule has 4 heteroatoms. The Labute approximate surface area is 178 Å². The molecular weight excluding hydrogens is 431 g/mol. The molecule has 0 aliphatic carbocycles. The molecule has 0 unspecified atom stereocenters. The van der Waals surface area contributed by atoms with Crippen LogP contribution in [0.25, 0.3) is 0 Å². The van der Waals surface area contributed by atoms with Crippen molar-refractivity contribution in [3.63, 3.8) is 0 Å². The number of hydrogen-bond acceptors (Lipinski definition) is 1. The molecule has 146 valence electrons. The van der Waals surface area contributed by atoms with Crippen LogP contribution in [0.2, 0.25) is 0 Å². The van der Waals surface area contributed by atoms with Gasteiger partial charge in [0, 0.05) is 6.42 Å². The maximum atomic E-state index is 11.4. The molecule has 0 spiro atoms. The van der Waals surface area contributed by atoms with Gasteiger partial charge >= 0.3 is 5.97 Å². The fourth-order valence-corrected chi connectivity index (χ4v) is 9.33. The Morgan fingerprint density at radius 1 is 0.750 bits per heavy atom. The monoisotopic (exact) mass is 456 g/mol. The van der Waals surface area contributed by atoms with Crippen LogP contribution in [0, 0.1) is 0 Å². The lowest BCUT2D eigenvalue weighted by atomic mass is 10.1. The molecule has 28 heavy (non-hydrogen) atoms. The summed E-state index contributed by atoms with van der Waals surface area (Å²) in [6.45, 7) is 4.47. The summed E-state index contributed by atoms with van der Waals surface area (Å²) in [5.41, 5.74) is 0. The minimum absolute atomic E-state index is 0. The lowest BCUT2D eigenvalue weighted by Gasteiger charge is -2.40. The number of carboxylic acids is 1. The van der Waals surface area contributed by atoms with Crippen molar-refractivity contribution in [2.45, 2.75) is 31.8 Å². The molecule has 0 atom stereocenters. The SMILES string of the molecule is CC(C)(CCC(=O)O)[P+](c1ccccc1)(c1ccccc1)c1ccccc1.[Br-]. The van der Waals surface area contributed by atoms with Gasteiger partial charge in [0.05, 0.1) is 5.16 Å². The summed E-state index contributed by atoms with van der Waals surface area (Å²) in [5.74, 6) is -0.740. The molecular formula is C24H26BrO2P. The van der Waals surface area contributed by atoms with E-state index in [1.807, 2.05) is 18.2 Å². The zero-order chi connectivity index (χ0) is 19.3. The van der Waals surface area contributed by atoms with Crippen molar-refractivity contribution < 1.29 is 26.9 Å². The van der Waals surface area contributed by atoms with E-state index in [1.54, 1.807) is 0 Å². The van der Waals surface area contributed by atoms with E-state index in [-0.39, 0.29) is 28.6 Å². The molecule has 0 amide bonds. The first-order valence-electron chi connectivity index (χ1n) is 9.26. The fraction of sp³-hybridized carbons (Fsp3) is 0.208. The number of rotatable bonds is 7. The highest BCUT2D eigenvalue weighted by Gasteiger charge is 2.57.